The number of carbonyl (C=O) groups is 2. The smallest absolute Gasteiger partial charge is 0.261 e. The van der Waals surface area contributed by atoms with Gasteiger partial charge in [-0.3, -0.25) is 19.5 Å². The molecule has 0 saturated carbocycles. The van der Waals surface area contributed by atoms with E-state index in [9.17, 15) is 9.59 Å². The summed E-state index contributed by atoms with van der Waals surface area (Å²) < 4.78 is 0. The molecule has 7 nitrogen and oxygen atoms in total. The van der Waals surface area contributed by atoms with Crippen molar-refractivity contribution in [3.63, 3.8) is 0 Å². The largest absolute Gasteiger partial charge is 0.360 e. The maximum Gasteiger partial charge on any atom is 0.261 e. The first kappa shape index (κ1) is 23.5. The minimum atomic E-state index is -0.178. The van der Waals surface area contributed by atoms with Crippen LogP contribution in [-0.4, -0.2) is 73.9 Å². The zero-order valence-electron chi connectivity index (χ0n) is 17.6. The number of hydrogen-bond donors (Lipinski definition) is 1. The molecule has 2 aliphatic heterocycles. The molecule has 2 aromatic rings. The quantitative estimate of drug-likeness (QED) is 0.196. The normalized spacial score (nSPS) is 16.4. The van der Waals surface area contributed by atoms with Gasteiger partial charge in [-0.1, -0.05) is 12.1 Å². The van der Waals surface area contributed by atoms with E-state index in [2.05, 4.69) is 37.6 Å². The van der Waals surface area contributed by atoms with Gasteiger partial charge in [0.1, 0.15) is 0 Å². The molecule has 1 aromatic heterocycles. The van der Waals surface area contributed by atoms with Gasteiger partial charge in [-0.2, -0.15) is 0 Å². The molecule has 4 rings (SSSR count). The summed E-state index contributed by atoms with van der Waals surface area (Å²) in [6, 6.07) is 11.3. The molecule has 1 fully saturated rings. The summed E-state index contributed by atoms with van der Waals surface area (Å²) in [5, 5.41) is 6.87. The summed E-state index contributed by atoms with van der Waals surface area (Å²) in [6.07, 6.45) is 1.63. The Morgan fingerprint density at radius 1 is 1.00 bits per heavy atom. The fourth-order valence-electron chi connectivity index (χ4n) is 3.96. The molecule has 1 aromatic carbocycles. The third kappa shape index (κ3) is 5.20. The number of guanidine groups is 1. The highest BCUT2D eigenvalue weighted by Gasteiger charge is 2.34. The summed E-state index contributed by atoms with van der Waals surface area (Å²) in [5.74, 6) is 0.563. The Bertz CT molecular complexity index is 891. The van der Waals surface area contributed by atoms with Crippen LogP contribution in [0, 0.1) is 0 Å². The maximum absolute atomic E-state index is 12.4. The molecule has 0 spiro atoms. The predicted molar refractivity (Wildman–Crippen MR) is 136 cm³/mol. The average Bonchev–Trinajstić information content (AvgIpc) is 3.40. The highest BCUT2D eigenvalue weighted by molar-refractivity contribution is 14.0. The van der Waals surface area contributed by atoms with E-state index in [1.807, 2.05) is 7.05 Å². The second kappa shape index (κ2) is 10.9. The molecule has 3 heterocycles. The number of thiophene rings is 1. The van der Waals surface area contributed by atoms with Crippen molar-refractivity contribution in [2.45, 2.75) is 12.8 Å². The topological polar surface area (TPSA) is 68.2 Å². The number of carbonyl (C=O) groups excluding carboxylic acids is 2. The number of anilines is 1. The van der Waals surface area contributed by atoms with Crippen molar-refractivity contribution in [1.82, 2.24) is 15.1 Å². The lowest BCUT2D eigenvalue weighted by Crippen LogP contribution is -2.52. The first-order valence-electron chi connectivity index (χ1n) is 10.4. The van der Waals surface area contributed by atoms with Gasteiger partial charge >= 0.3 is 0 Å². The van der Waals surface area contributed by atoms with E-state index < -0.39 is 0 Å². The molecular weight excluding hydrogens is 525 g/mol. The SMILES string of the molecule is CN=C(NCCCCN1C(=O)c2ccccc2C1=O)N1CCN(c2cccs2)CC1.I. The zero-order valence-corrected chi connectivity index (χ0v) is 20.8. The van der Waals surface area contributed by atoms with Crippen LogP contribution in [0.15, 0.2) is 46.8 Å². The highest BCUT2D eigenvalue weighted by Crippen LogP contribution is 2.23. The number of piperazine rings is 1. The van der Waals surface area contributed by atoms with E-state index >= 15 is 0 Å². The highest BCUT2D eigenvalue weighted by atomic mass is 127. The molecule has 1 saturated heterocycles. The van der Waals surface area contributed by atoms with E-state index in [0.29, 0.717) is 17.7 Å². The minimum Gasteiger partial charge on any atom is -0.360 e. The lowest BCUT2D eigenvalue weighted by Gasteiger charge is -2.37. The third-order valence-corrected chi connectivity index (χ3v) is 6.51. The number of unbranched alkanes of at least 4 members (excludes halogenated alkanes) is 1. The van der Waals surface area contributed by atoms with Gasteiger partial charge in [0.25, 0.3) is 11.8 Å². The third-order valence-electron chi connectivity index (χ3n) is 5.58. The van der Waals surface area contributed by atoms with E-state index in [-0.39, 0.29) is 35.8 Å². The second-order valence-electron chi connectivity index (χ2n) is 7.41. The molecule has 0 bridgehead atoms. The standard InChI is InChI=1S/C22H27N5O2S.HI/c1-23-22(26-14-12-25(13-15-26)19-9-6-16-30-19)24-10-4-5-11-27-20(28)17-7-2-3-8-18(17)21(27)29;/h2-3,6-9,16H,4-5,10-15H2,1H3,(H,23,24);1H. The Kier molecular flexibility index (Phi) is 8.30. The number of halogens is 1. The van der Waals surface area contributed by atoms with Crippen molar-refractivity contribution < 1.29 is 9.59 Å². The molecule has 0 unspecified atom stereocenters. The van der Waals surface area contributed by atoms with Gasteiger partial charge in [0.2, 0.25) is 0 Å². The maximum atomic E-state index is 12.4. The van der Waals surface area contributed by atoms with Gasteiger partial charge in [-0.05, 0) is 42.5 Å². The van der Waals surface area contributed by atoms with Gasteiger partial charge < -0.3 is 15.1 Å². The summed E-state index contributed by atoms with van der Waals surface area (Å²) in [6.45, 7) is 5.06. The van der Waals surface area contributed by atoms with Crippen molar-refractivity contribution >= 4 is 58.1 Å². The summed E-state index contributed by atoms with van der Waals surface area (Å²) in [7, 11) is 1.81. The first-order valence-corrected chi connectivity index (χ1v) is 11.3. The molecular formula is C22H28IN5O2S. The number of hydrogen-bond acceptors (Lipinski definition) is 5. The van der Waals surface area contributed by atoms with Crippen molar-refractivity contribution in [1.29, 1.82) is 0 Å². The van der Waals surface area contributed by atoms with Gasteiger partial charge in [0, 0.05) is 46.3 Å². The Morgan fingerprint density at radius 3 is 2.26 bits per heavy atom. The van der Waals surface area contributed by atoms with Crippen LogP contribution < -0.4 is 10.2 Å². The summed E-state index contributed by atoms with van der Waals surface area (Å²) in [5.41, 5.74) is 1.03. The zero-order chi connectivity index (χ0) is 20.9. The van der Waals surface area contributed by atoms with Crippen molar-refractivity contribution in [2.75, 3.05) is 51.2 Å². The molecule has 0 atom stereocenters. The van der Waals surface area contributed by atoms with Crippen molar-refractivity contribution in [2.24, 2.45) is 4.99 Å². The molecule has 2 aliphatic rings. The number of nitrogens with one attached hydrogen (secondary N) is 1. The summed E-state index contributed by atoms with van der Waals surface area (Å²) in [4.78, 5) is 35.3. The van der Waals surface area contributed by atoms with Crippen LogP contribution in [0.3, 0.4) is 0 Å². The van der Waals surface area contributed by atoms with Gasteiger partial charge in [-0.25, -0.2) is 0 Å². The molecule has 1 N–H and O–H groups in total. The van der Waals surface area contributed by atoms with Crippen LogP contribution in [0.4, 0.5) is 5.00 Å². The van der Waals surface area contributed by atoms with E-state index in [0.717, 1.165) is 51.5 Å². The van der Waals surface area contributed by atoms with E-state index in [1.54, 1.807) is 35.6 Å². The van der Waals surface area contributed by atoms with Gasteiger partial charge in [0.15, 0.2) is 5.96 Å². The van der Waals surface area contributed by atoms with Gasteiger partial charge in [-0.15, -0.1) is 35.3 Å². The average molecular weight is 553 g/mol. The van der Waals surface area contributed by atoms with Crippen LogP contribution in [0.5, 0.6) is 0 Å². The molecule has 31 heavy (non-hydrogen) atoms. The van der Waals surface area contributed by atoms with Crippen molar-refractivity contribution in [3.8, 4) is 0 Å². The number of benzene rings is 1. The van der Waals surface area contributed by atoms with Crippen LogP contribution >= 0.6 is 35.3 Å². The molecule has 166 valence electrons. The summed E-state index contributed by atoms with van der Waals surface area (Å²) >= 11 is 1.78. The number of rotatable bonds is 6. The second-order valence-corrected chi connectivity index (χ2v) is 8.34. The lowest BCUT2D eigenvalue weighted by atomic mass is 10.1. The number of amides is 2. The van der Waals surface area contributed by atoms with E-state index in [4.69, 9.17) is 0 Å². The fourth-order valence-corrected chi connectivity index (χ4v) is 4.74. The minimum absolute atomic E-state index is 0. The fraction of sp³-hybridized carbons (Fsp3) is 0.409. The lowest BCUT2D eigenvalue weighted by molar-refractivity contribution is 0.0652. The van der Waals surface area contributed by atoms with Crippen LogP contribution in [0.1, 0.15) is 33.6 Å². The predicted octanol–water partition coefficient (Wildman–Crippen LogP) is 3.14. The van der Waals surface area contributed by atoms with Crippen LogP contribution in [-0.2, 0) is 0 Å². The molecule has 2 amide bonds. The molecule has 0 radical (unpaired) electrons. The van der Waals surface area contributed by atoms with Gasteiger partial charge in [0.05, 0.1) is 16.1 Å². The number of fused-ring (bicyclic) bond motifs is 1. The first-order chi connectivity index (χ1) is 14.7. The van der Waals surface area contributed by atoms with Crippen molar-refractivity contribution in [3.05, 3.63) is 52.9 Å². The Balaban J connectivity index is 0.00000272. The van der Waals surface area contributed by atoms with Crippen LogP contribution in [0.25, 0.3) is 0 Å². The Hall–Kier alpha value is -2.14. The van der Waals surface area contributed by atoms with Crippen LogP contribution in [0.2, 0.25) is 0 Å². The molecule has 9 heteroatoms. The monoisotopic (exact) mass is 553 g/mol. The van der Waals surface area contributed by atoms with E-state index in [1.165, 1.54) is 9.90 Å². The number of nitrogens with zero attached hydrogens (tertiary/aromatic N) is 4. The Labute approximate surface area is 204 Å². The number of aliphatic imine (C=N–C) groups is 1. The number of imide groups is 1. The molecule has 0 aliphatic carbocycles. The Morgan fingerprint density at radius 2 is 1.68 bits per heavy atom.